The number of thiocarbonyl (C=S) groups is 1. The van der Waals surface area contributed by atoms with Gasteiger partial charge in [0, 0.05) is 6.54 Å². The van der Waals surface area contributed by atoms with Gasteiger partial charge in [-0.1, -0.05) is 0 Å². The molecular weight excluding hydrogens is 148 g/mol. The Morgan fingerprint density at radius 3 is 3.20 bits per heavy atom. The molecule has 0 unspecified atom stereocenters. The largest absolute Gasteiger partial charge is 0.335 e. The Labute approximate surface area is 64.4 Å². The molecule has 0 aromatic carbocycles. The van der Waals surface area contributed by atoms with Crippen molar-refractivity contribution in [3.8, 4) is 0 Å². The van der Waals surface area contributed by atoms with Crippen LogP contribution in [-0.2, 0) is 4.79 Å². The summed E-state index contributed by atoms with van der Waals surface area (Å²) in [6, 6.07) is 0.00694. The lowest BCUT2D eigenvalue weighted by Gasteiger charge is -2.11. The van der Waals surface area contributed by atoms with E-state index >= 15 is 0 Å². The second-order valence-corrected chi connectivity index (χ2v) is 2.95. The van der Waals surface area contributed by atoms with E-state index in [1.807, 2.05) is 4.90 Å². The fraction of sp³-hybridized carbons (Fsp3) is 0.667. The van der Waals surface area contributed by atoms with Crippen molar-refractivity contribution in [1.82, 2.24) is 10.2 Å². The predicted octanol–water partition coefficient (Wildman–Crippen LogP) is -0.120. The highest BCUT2D eigenvalue weighted by Gasteiger charge is 2.40. The van der Waals surface area contributed by atoms with Gasteiger partial charge >= 0.3 is 0 Å². The van der Waals surface area contributed by atoms with Crippen molar-refractivity contribution in [1.29, 1.82) is 0 Å². The van der Waals surface area contributed by atoms with Crippen LogP contribution in [-0.4, -0.2) is 28.5 Å². The second-order valence-electron chi connectivity index (χ2n) is 2.58. The SMILES string of the molecule is O=C1[N]C(=S)N2CCC[C@@H]12. The van der Waals surface area contributed by atoms with Gasteiger partial charge in [0.2, 0.25) is 0 Å². The molecule has 1 amide bonds. The van der Waals surface area contributed by atoms with E-state index in [4.69, 9.17) is 12.2 Å². The summed E-state index contributed by atoms with van der Waals surface area (Å²) in [6.45, 7) is 0.915. The number of rotatable bonds is 0. The molecule has 2 aliphatic heterocycles. The maximum Gasteiger partial charge on any atom is 0.271 e. The summed E-state index contributed by atoms with van der Waals surface area (Å²) in [4.78, 5) is 12.9. The molecule has 2 aliphatic rings. The van der Waals surface area contributed by atoms with Crippen molar-refractivity contribution < 1.29 is 4.79 Å². The molecule has 3 nitrogen and oxygen atoms in total. The zero-order chi connectivity index (χ0) is 7.14. The summed E-state index contributed by atoms with van der Waals surface area (Å²) in [5.41, 5.74) is 0. The first-order valence-electron chi connectivity index (χ1n) is 3.35. The summed E-state index contributed by atoms with van der Waals surface area (Å²) in [5.74, 6) is -0.0394. The lowest BCUT2D eigenvalue weighted by Crippen LogP contribution is -2.28. The Bertz CT molecular complexity index is 184. The van der Waals surface area contributed by atoms with Crippen molar-refractivity contribution in [2.75, 3.05) is 6.54 Å². The minimum absolute atomic E-state index is 0.00694. The lowest BCUT2D eigenvalue weighted by atomic mass is 10.2. The molecule has 2 heterocycles. The fourth-order valence-electron chi connectivity index (χ4n) is 1.49. The van der Waals surface area contributed by atoms with Gasteiger partial charge in [-0.15, -0.1) is 0 Å². The molecule has 2 fully saturated rings. The van der Waals surface area contributed by atoms with E-state index in [1.165, 1.54) is 0 Å². The third-order valence-corrected chi connectivity index (χ3v) is 2.32. The van der Waals surface area contributed by atoms with Gasteiger partial charge in [-0.3, -0.25) is 4.79 Å². The van der Waals surface area contributed by atoms with Crippen molar-refractivity contribution in [2.24, 2.45) is 0 Å². The smallest absolute Gasteiger partial charge is 0.271 e. The highest BCUT2D eigenvalue weighted by molar-refractivity contribution is 7.80. The molecule has 0 N–H and O–H groups in total. The Morgan fingerprint density at radius 2 is 2.50 bits per heavy atom. The van der Waals surface area contributed by atoms with Gasteiger partial charge in [-0.2, -0.15) is 5.32 Å². The van der Waals surface area contributed by atoms with E-state index in [2.05, 4.69) is 5.32 Å². The number of carbonyl (C=O) groups excluding carboxylic acids is 1. The molecule has 0 spiro atoms. The molecule has 0 aromatic rings. The van der Waals surface area contributed by atoms with E-state index < -0.39 is 0 Å². The standard InChI is InChI=1S/C6H7N2OS/c9-5-4-2-1-3-8(4)6(10)7-5/h4H,1-3H2/t4-/m0/s1. The van der Waals surface area contributed by atoms with Gasteiger partial charge in [-0.05, 0) is 25.1 Å². The minimum atomic E-state index is -0.0394. The summed E-state index contributed by atoms with van der Waals surface area (Å²) in [5, 5.41) is 4.19. The monoisotopic (exact) mass is 155 g/mol. The van der Waals surface area contributed by atoms with E-state index in [0.717, 1.165) is 19.4 Å². The van der Waals surface area contributed by atoms with Gasteiger partial charge < -0.3 is 4.90 Å². The number of nitrogens with zero attached hydrogens (tertiary/aromatic N) is 2. The molecule has 1 radical (unpaired) electrons. The molecular formula is C6H7N2OS. The molecule has 0 aliphatic carbocycles. The van der Waals surface area contributed by atoms with Crippen molar-refractivity contribution in [3.05, 3.63) is 0 Å². The van der Waals surface area contributed by atoms with Crippen LogP contribution in [0.4, 0.5) is 0 Å². The Morgan fingerprint density at radius 1 is 1.70 bits per heavy atom. The van der Waals surface area contributed by atoms with Crippen molar-refractivity contribution in [3.63, 3.8) is 0 Å². The van der Waals surface area contributed by atoms with Gasteiger partial charge in [-0.25, -0.2) is 0 Å². The Hall–Kier alpha value is -0.640. The van der Waals surface area contributed by atoms with Crippen LogP contribution in [0.1, 0.15) is 12.8 Å². The number of carbonyl (C=O) groups is 1. The zero-order valence-corrected chi connectivity index (χ0v) is 6.23. The van der Waals surface area contributed by atoms with Crippen LogP contribution in [0.5, 0.6) is 0 Å². The minimum Gasteiger partial charge on any atom is -0.335 e. The third kappa shape index (κ3) is 0.653. The van der Waals surface area contributed by atoms with Crippen molar-refractivity contribution >= 4 is 23.2 Å². The van der Waals surface area contributed by atoms with E-state index in [9.17, 15) is 4.79 Å². The maximum atomic E-state index is 11.0. The molecule has 4 heteroatoms. The van der Waals surface area contributed by atoms with Gasteiger partial charge in [0.25, 0.3) is 5.91 Å². The second kappa shape index (κ2) is 1.92. The first kappa shape index (κ1) is 6.09. The average Bonchev–Trinajstić information content (AvgIpc) is 2.39. The highest BCUT2D eigenvalue weighted by atomic mass is 32.1. The normalized spacial score (nSPS) is 30.8. The van der Waals surface area contributed by atoms with Crippen LogP contribution in [0.3, 0.4) is 0 Å². The zero-order valence-electron chi connectivity index (χ0n) is 5.41. The average molecular weight is 155 g/mol. The topological polar surface area (TPSA) is 34.4 Å². The Kier molecular flexibility index (Phi) is 1.17. The van der Waals surface area contributed by atoms with Crippen LogP contribution in [0, 0.1) is 0 Å². The Balaban J connectivity index is 2.27. The van der Waals surface area contributed by atoms with Gasteiger partial charge in [0.1, 0.15) is 6.04 Å². The third-order valence-electron chi connectivity index (χ3n) is 1.99. The van der Waals surface area contributed by atoms with E-state index in [1.54, 1.807) is 0 Å². The van der Waals surface area contributed by atoms with Crippen LogP contribution in [0.25, 0.3) is 0 Å². The van der Waals surface area contributed by atoms with Crippen LogP contribution in [0.15, 0.2) is 0 Å². The molecule has 10 heavy (non-hydrogen) atoms. The number of hydrogen-bond donors (Lipinski definition) is 0. The molecule has 2 rings (SSSR count). The summed E-state index contributed by atoms with van der Waals surface area (Å²) in [7, 11) is 0. The lowest BCUT2D eigenvalue weighted by molar-refractivity contribution is -0.121. The molecule has 0 saturated carbocycles. The van der Waals surface area contributed by atoms with Crippen LogP contribution < -0.4 is 5.32 Å². The van der Waals surface area contributed by atoms with E-state index in [0.29, 0.717) is 5.11 Å². The fourth-order valence-corrected chi connectivity index (χ4v) is 1.79. The molecule has 0 bridgehead atoms. The summed E-state index contributed by atoms with van der Waals surface area (Å²) < 4.78 is 0. The quantitative estimate of drug-likeness (QED) is 0.457. The van der Waals surface area contributed by atoms with Crippen molar-refractivity contribution in [2.45, 2.75) is 18.9 Å². The molecule has 2 saturated heterocycles. The van der Waals surface area contributed by atoms with Gasteiger partial charge in [0.05, 0.1) is 0 Å². The number of fused-ring (bicyclic) bond motifs is 1. The highest BCUT2D eigenvalue weighted by Crippen LogP contribution is 2.22. The number of hydrogen-bond acceptors (Lipinski definition) is 2. The molecule has 53 valence electrons. The van der Waals surface area contributed by atoms with E-state index in [-0.39, 0.29) is 11.9 Å². The van der Waals surface area contributed by atoms with Crippen LogP contribution in [0.2, 0.25) is 0 Å². The summed E-state index contributed by atoms with van der Waals surface area (Å²) >= 11 is 4.87. The first-order valence-corrected chi connectivity index (χ1v) is 3.76. The molecule has 0 aromatic heterocycles. The number of amides is 1. The molecule has 1 atom stereocenters. The predicted molar refractivity (Wildman–Crippen MR) is 39.5 cm³/mol. The first-order chi connectivity index (χ1) is 4.79. The maximum absolute atomic E-state index is 11.0. The van der Waals surface area contributed by atoms with Crippen LogP contribution >= 0.6 is 12.2 Å². The van der Waals surface area contributed by atoms with Gasteiger partial charge in [0.15, 0.2) is 5.11 Å². The summed E-state index contributed by atoms with van der Waals surface area (Å²) in [6.07, 6.45) is 2.01.